The van der Waals surface area contributed by atoms with E-state index >= 15 is 0 Å². The highest BCUT2D eigenvalue weighted by Gasteiger charge is 2.34. The number of carbonyl (C=O) groups excluding carboxylic acids is 2. The molecule has 3 aliphatic rings. The molecule has 0 saturated carbocycles. The van der Waals surface area contributed by atoms with Gasteiger partial charge < -0.3 is 19.8 Å². The quantitative estimate of drug-likeness (QED) is 0.212. The molecular formula is C38H46N6O2. The SMILES string of the molecule is CC(C)CC(=O)N1CCC[C@H]1c1ncc(-c2ccc(-c3ccc4c(c3)CCc3[nH]c([C@@H]5CCCN5C(=O)CC(C)C)nc3-4)cc2)[nH]1. The van der Waals surface area contributed by atoms with Crippen LogP contribution in [0.5, 0.6) is 0 Å². The second-order valence-corrected chi connectivity index (χ2v) is 14.3. The first kappa shape index (κ1) is 30.5. The third kappa shape index (κ3) is 5.90. The monoisotopic (exact) mass is 618 g/mol. The van der Waals surface area contributed by atoms with Gasteiger partial charge in [0.15, 0.2) is 0 Å². The van der Waals surface area contributed by atoms with Crippen LogP contribution < -0.4 is 0 Å². The topological polar surface area (TPSA) is 98.0 Å². The van der Waals surface area contributed by atoms with Crippen LogP contribution in [0.2, 0.25) is 0 Å². The summed E-state index contributed by atoms with van der Waals surface area (Å²) in [6.07, 6.45) is 8.91. The van der Waals surface area contributed by atoms with E-state index < -0.39 is 0 Å². The fourth-order valence-electron chi connectivity index (χ4n) is 7.59. The van der Waals surface area contributed by atoms with Gasteiger partial charge in [0.05, 0.1) is 29.7 Å². The number of fused-ring (bicyclic) bond motifs is 3. The summed E-state index contributed by atoms with van der Waals surface area (Å²) in [5.41, 5.74) is 9.17. The summed E-state index contributed by atoms with van der Waals surface area (Å²) in [5, 5.41) is 0. The summed E-state index contributed by atoms with van der Waals surface area (Å²) in [7, 11) is 0. The number of H-pyrrole nitrogens is 2. The Bertz CT molecular complexity index is 1730. The molecule has 2 fully saturated rings. The Balaban J connectivity index is 1.07. The fourth-order valence-corrected chi connectivity index (χ4v) is 7.59. The smallest absolute Gasteiger partial charge is 0.223 e. The molecule has 2 aliphatic heterocycles. The molecule has 2 N–H and O–H groups in total. The molecule has 2 aromatic carbocycles. The highest BCUT2D eigenvalue weighted by atomic mass is 16.2. The first-order chi connectivity index (χ1) is 22.2. The van der Waals surface area contributed by atoms with E-state index in [2.05, 4.69) is 80.1 Å². The molecule has 240 valence electrons. The zero-order valence-corrected chi connectivity index (χ0v) is 27.6. The second-order valence-electron chi connectivity index (χ2n) is 14.3. The maximum absolute atomic E-state index is 12.9. The molecule has 2 amide bonds. The second kappa shape index (κ2) is 12.5. The zero-order valence-electron chi connectivity index (χ0n) is 27.6. The lowest BCUT2D eigenvalue weighted by Crippen LogP contribution is -2.31. The maximum Gasteiger partial charge on any atom is 0.223 e. The van der Waals surface area contributed by atoms with Crippen LogP contribution >= 0.6 is 0 Å². The Labute approximate surface area is 272 Å². The van der Waals surface area contributed by atoms with Crippen molar-refractivity contribution >= 4 is 11.8 Å². The van der Waals surface area contributed by atoms with Gasteiger partial charge in [0.25, 0.3) is 0 Å². The number of benzene rings is 2. The molecule has 1 aliphatic carbocycles. The molecule has 2 aromatic heterocycles. The van der Waals surface area contributed by atoms with E-state index in [4.69, 9.17) is 9.97 Å². The molecule has 0 spiro atoms. The summed E-state index contributed by atoms with van der Waals surface area (Å²) in [5.74, 6) is 3.00. The number of carbonyl (C=O) groups is 2. The Morgan fingerprint density at radius 1 is 0.783 bits per heavy atom. The zero-order chi connectivity index (χ0) is 31.9. The van der Waals surface area contributed by atoms with Gasteiger partial charge in [-0.25, -0.2) is 9.97 Å². The number of hydrogen-bond acceptors (Lipinski definition) is 4. The third-order valence-electron chi connectivity index (χ3n) is 9.87. The predicted octanol–water partition coefficient (Wildman–Crippen LogP) is 7.65. The molecule has 7 rings (SSSR count). The number of nitrogens with zero attached hydrogens (tertiary/aromatic N) is 4. The van der Waals surface area contributed by atoms with Crippen LogP contribution in [0.1, 0.15) is 101 Å². The summed E-state index contributed by atoms with van der Waals surface area (Å²) in [6, 6.07) is 15.5. The third-order valence-corrected chi connectivity index (χ3v) is 9.87. The van der Waals surface area contributed by atoms with E-state index in [0.29, 0.717) is 24.7 Å². The van der Waals surface area contributed by atoms with E-state index in [1.54, 1.807) is 0 Å². The van der Waals surface area contributed by atoms with E-state index in [1.165, 1.54) is 27.9 Å². The van der Waals surface area contributed by atoms with Gasteiger partial charge in [0, 0.05) is 37.2 Å². The van der Waals surface area contributed by atoms with Crippen molar-refractivity contribution < 1.29 is 9.59 Å². The van der Waals surface area contributed by atoms with Crippen molar-refractivity contribution in [3.63, 3.8) is 0 Å². The van der Waals surface area contributed by atoms with Crippen molar-refractivity contribution in [2.45, 2.75) is 91.1 Å². The van der Waals surface area contributed by atoms with Crippen molar-refractivity contribution in [2.24, 2.45) is 11.8 Å². The average molecular weight is 619 g/mol. The van der Waals surface area contributed by atoms with Crippen LogP contribution in [0.3, 0.4) is 0 Å². The standard InChI is InChI=1S/C38H46N6O2/c1-23(2)19-34(45)43-17-5-7-32(43)37-39-22-31(41-37)26-11-9-25(10-12-26)27-13-15-29-28(21-27)14-16-30-36(29)42-38(40-30)33-8-6-18-44(33)35(46)20-24(3)4/h9-13,15,21-24,32-33H,5-8,14,16-20H2,1-4H3,(H,39,41)(H,40,42)/t32-,33-/m0/s1. The number of imidazole rings is 2. The molecule has 2 saturated heterocycles. The van der Waals surface area contributed by atoms with Crippen molar-refractivity contribution in [1.82, 2.24) is 29.7 Å². The van der Waals surface area contributed by atoms with Crippen molar-refractivity contribution in [3.8, 4) is 33.6 Å². The Kier molecular flexibility index (Phi) is 8.30. The normalized spacial score (nSPS) is 19.3. The molecule has 46 heavy (non-hydrogen) atoms. The number of aromatic nitrogens is 4. The van der Waals surface area contributed by atoms with Crippen molar-refractivity contribution in [3.05, 3.63) is 71.6 Å². The lowest BCUT2D eigenvalue weighted by atomic mass is 9.89. The van der Waals surface area contributed by atoms with E-state index in [9.17, 15) is 9.59 Å². The van der Waals surface area contributed by atoms with Crippen LogP contribution in [0, 0.1) is 11.8 Å². The highest BCUT2D eigenvalue weighted by molar-refractivity contribution is 5.78. The van der Waals surface area contributed by atoms with E-state index in [-0.39, 0.29) is 23.9 Å². The molecule has 2 atom stereocenters. The van der Waals surface area contributed by atoms with Gasteiger partial charge in [-0.05, 0) is 72.6 Å². The lowest BCUT2D eigenvalue weighted by Gasteiger charge is -2.24. The molecule has 0 bridgehead atoms. The maximum atomic E-state index is 12.9. The first-order valence-electron chi connectivity index (χ1n) is 17.2. The fraction of sp³-hybridized carbons (Fsp3) is 0.474. The van der Waals surface area contributed by atoms with E-state index in [0.717, 1.165) is 80.2 Å². The number of aromatic amines is 2. The number of rotatable bonds is 8. The van der Waals surface area contributed by atoms with Crippen LogP contribution in [0.15, 0.2) is 48.7 Å². The summed E-state index contributed by atoms with van der Waals surface area (Å²) in [4.78, 5) is 46.8. The number of amides is 2. The molecular weight excluding hydrogens is 572 g/mol. The largest absolute Gasteiger partial charge is 0.344 e. The molecule has 8 heteroatoms. The van der Waals surface area contributed by atoms with Crippen LogP contribution in [-0.2, 0) is 22.4 Å². The molecule has 4 aromatic rings. The van der Waals surface area contributed by atoms with E-state index in [1.807, 2.05) is 16.0 Å². The van der Waals surface area contributed by atoms with Gasteiger partial charge in [0.1, 0.15) is 11.6 Å². The van der Waals surface area contributed by atoms with Crippen LogP contribution in [0.4, 0.5) is 0 Å². The number of hydrogen-bond donors (Lipinski definition) is 2. The van der Waals surface area contributed by atoms with Crippen LogP contribution in [0.25, 0.3) is 33.6 Å². The van der Waals surface area contributed by atoms with Gasteiger partial charge in [-0.15, -0.1) is 0 Å². The van der Waals surface area contributed by atoms with Gasteiger partial charge in [-0.2, -0.15) is 0 Å². The number of nitrogens with one attached hydrogen (secondary N) is 2. The van der Waals surface area contributed by atoms with Crippen LogP contribution in [-0.4, -0.2) is 54.6 Å². The Morgan fingerprint density at radius 3 is 2.04 bits per heavy atom. The molecule has 0 radical (unpaired) electrons. The average Bonchev–Trinajstić information content (AvgIpc) is 3.85. The van der Waals surface area contributed by atoms with Crippen molar-refractivity contribution in [1.29, 1.82) is 0 Å². The van der Waals surface area contributed by atoms with Crippen molar-refractivity contribution in [2.75, 3.05) is 13.1 Å². The summed E-state index contributed by atoms with van der Waals surface area (Å²) >= 11 is 0. The summed E-state index contributed by atoms with van der Waals surface area (Å²) in [6.45, 7) is 10.0. The molecule has 8 nitrogen and oxygen atoms in total. The van der Waals surface area contributed by atoms with Gasteiger partial charge in [-0.3, -0.25) is 9.59 Å². The number of aryl methyl sites for hydroxylation is 2. The number of likely N-dealkylation sites (tertiary alicyclic amines) is 2. The minimum Gasteiger partial charge on any atom is -0.344 e. The first-order valence-corrected chi connectivity index (χ1v) is 17.2. The van der Waals surface area contributed by atoms with Gasteiger partial charge in [-0.1, -0.05) is 70.2 Å². The predicted molar refractivity (Wildman–Crippen MR) is 181 cm³/mol. The van der Waals surface area contributed by atoms with Gasteiger partial charge >= 0.3 is 0 Å². The summed E-state index contributed by atoms with van der Waals surface area (Å²) < 4.78 is 0. The highest BCUT2D eigenvalue weighted by Crippen LogP contribution is 2.39. The molecule has 0 unspecified atom stereocenters. The Morgan fingerprint density at radius 2 is 1.39 bits per heavy atom. The minimum atomic E-state index is 0.0327. The lowest BCUT2D eigenvalue weighted by molar-refractivity contribution is -0.133. The minimum absolute atomic E-state index is 0.0327. The Hall–Kier alpha value is -4.20. The van der Waals surface area contributed by atoms with Gasteiger partial charge in [0.2, 0.25) is 11.8 Å². The molecule has 4 heterocycles.